The van der Waals surface area contributed by atoms with Crippen molar-refractivity contribution in [2.75, 3.05) is 24.5 Å². The third kappa shape index (κ3) is 2.81. The smallest absolute Gasteiger partial charge is 0.282 e. The zero-order chi connectivity index (χ0) is 14.0. The van der Waals surface area contributed by atoms with Gasteiger partial charge in [-0.1, -0.05) is 18.7 Å². The van der Waals surface area contributed by atoms with Gasteiger partial charge < -0.3 is 9.80 Å². The van der Waals surface area contributed by atoms with E-state index in [-0.39, 0.29) is 12.5 Å². The number of hydrogen-bond acceptors (Lipinski definition) is 2. The van der Waals surface area contributed by atoms with Crippen LogP contribution >= 0.6 is 0 Å². The maximum atomic E-state index is 12.8. The molecule has 1 fully saturated rings. The number of halogens is 1. The number of aryl methyl sites for hydroxylation is 1. The minimum Gasteiger partial charge on any atom is -0.326 e. The van der Waals surface area contributed by atoms with Crippen LogP contribution in [0.3, 0.4) is 0 Å². The molecule has 2 rings (SSSR count). The van der Waals surface area contributed by atoms with Crippen molar-refractivity contribution in [3.63, 3.8) is 0 Å². The van der Waals surface area contributed by atoms with Gasteiger partial charge in [-0.05, 0) is 24.6 Å². The van der Waals surface area contributed by atoms with Crippen LogP contribution < -0.4 is 4.90 Å². The van der Waals surface area contributed by atoms with E-state index in [0.717, 1.165) is 11.3 Å². The third-order valence-corrected chi connectivity index (χ3v) is 3.05. The molecular weight excluding hydrogens is 247 g/mol. The Morgan fingerprint density at radius 3 is 2.68 bits per heavy atom. The molecule has 0 spiro atoms. The SMILES string of the molecule is C=C(F)C(=O)N1CCN(c2cccc(C)c2)C(=O)C1. The molecule has 0 aromatic heterocycles. The van der Waals surface area contributed by atoms with E-state index in [4.69, 9.17) is 0 Å². The first-order chi connectivity index (χ1) is 8.99. The summed E-state index contributed by atoms with van der Waals surface area (Å²) in [6.07, 6.45) is 0. The predicted molar refractivity (Wildman–Crippen MR) is 70.4 cm³/mol. The van der Waals surface area contributed by atoms with E-state index in [1.54, 1.807) is 4.90 Å². The summed E-state index contributed by atoms with van der Waals surface area (Å²) < 4.78 is 12.8. The average molecular weight is 262 g/mol. The number of anilines is 1. The summed E-state index contributed by atoms with van der Waals surface area (Å²) >= 11 is 0. The van der Waals surface area contributed by atoms with Gasteiger partial charge in [0.25, 0.3) is 5.91 Å². The Morgan fingerprint density at radius 1 is 1.37 bits per heavy atom. The molecule has 5 heteroatoms. The molecule has 1 heterocycles. The predicted octanol–water partition coefficient (Wildman–Crippen LogP) is 1.65. The van der Waals surface area contributed by atoms with Gasteiger partial charge in [0.1, 0.15) is 6.54 Å². The van der Waals surface area contributed by atoms with Crippen LogP contribution in [0.25, 0.3) is 0 Å². The number of amides is 2. The summed E-state index contributed by atoms with van der Waals surface area (Å²) in [5.41, 5.74) is 1.86. The van der Waals surface area contributed by atoms with Crippen molar-refractivity contribution < 1.29 is 14.0 Å². The van der Waals surface area contributed by atoms with E-state index >= 15 is 0 Å². The molecule has 1 aliphatic rings. The zero-order valence-corrected chi connectivity index (χ0v) is 10.7. The van der Waals surface area contributed by atoms with Crippen molar-refractivity contribution in [2.45, 2.75) is 6.92 Å². The average Bonchev–Trinajstić information content (AvgIpc) is 2.37. The van der Waals surface area contributed by atoms with E-state index in [0.29, 0.717) is 13.1 Å². The fraction of sp³-hybridized carbons (Fsp3) is 0.286. The Labute approximate surface area is 111 Å². The van der Waals surface area contributed by atoms with Gasteiger partial charge in [-0.15, -0.1) is 0 Å². The van der Waals surface area contributed by atoms with E-state index in [2.05, 4.69) is 6.58 Å². The Hall–Kier alpha value is -2.17. The minimum atomic E-state index is -1.03. The number of hydrogen-bond donors (Lipinski definition) is 0. The van der Waals surface area contributed by atoms with Gasteiger partial charge in [0.15, 0.2) is 5.83 Å². The fourth-order valence-electron chi connectivity index (χ4n) is 2.09. The van der Waals surface area contributed by atoms with E-state index in [9.17, 15) is 14.0 Å². The van der Waals surface area contributed by atoms with Gasteiger partial charge in [-0.25, -0.2) is 4.39 Å². The summed E-state index contributed by atoms with van der Waals surface area (Å²) in [6, 6.07) is 7.57. The molecule has 0 unspecified atom stereocenters. The second kappa shape index (κ2) is 5.22. The van der Waals surface area contributed by atoms with Crippen molar-refractivity contribution in [1.82, 2.24) is 4.90 Å². The Morgan fingerprint density at radius 2 is 2.11 bits per heavy atom. The molecule has 19 heavy (non-hydrogen) atoms. The first-order valence-electron chi connectivity index (χ1n) is 6.00. The Balaban J connectivity index is 2.11. The number of carbonyl (C=O) groups is 2. The number of rotatable bonds is 2. The lowest BCUT2D eigenvalue weighted by Gasteiger charge is -2.34. The van der Waals surface area contributed by atoms with Gasteiger partial charge in [0.05, 0.1) is 0 Å². The molecule has 0 aliphatic carbocycles. The molecule has 0 saturated carbocycles. The van der Waals surface area contributed by atoms with E-state index in [1.165, 1.54) is 4.90 Å². The molecular formula is C14H15FN2O2. The second-order valence-corrected chi connectivity index (χ2v) is 4.52. The van der Waals surface area contributed by atoms with Crippen LogP contribution in [0.15, 0.2) is 36.7 Å². The van der Waals surface area contributed by atoms with Crippen molar-refractivity contribution in [3.8, 4) is 0 Å². The fourth-order valence-corrected chi connectivity index (χ4v) is 2.09. The lowest BCUT2D eigenvalue weighted by Crippen LogP contribution is -2.52. The quantitative estimate of drug-likeness (QED) is 0.760. The summed E-state index contributed by atoms with van der Waals surface area (Å²) in [5, 5.41) is 0. The molecule has 1 aromatic carbocycles. The summed E-state index contributed by atoms with van der Waals surface area (Å²) in [5.74, 6) is -2.06. The lowest BCUT2D eigenvalue weighted by molar-refractivity contribution is -0.134. The van der Waals surface area contributed by atoms with Gasteiger partial charge in [0, 0.05) is 18.8 Å². The van der Waals surface area contributed by atoms with Gasteiger partial charge in [0.2, 0.25) is 5.91 Å². The molecule has 0 bridgehead atoms. The van der Waals surface area contributed by atoms with Gasteiger partial charge in [-0.2, -0.15) is 0 Å². The lowest BCUT2D eigenvalue weighted by atomic mass is 10.2. The molecule has 2 amide bonds. The van der Waals surface area contributed by atoms with Crippen LogP contribution in [0.2, 0.25) is 0 Å². The van der Waals surface area contributed by atoms with Crippen molar-refractivity contribution in [1.29, 1.82) is 0 Å². The van der Waals surface area contributed by atoms with Crippen LogP contribution in [-0.4, -0.2) is 36.3 Å². The topological polar surface area (TPSA) is 40.6 Å². The highest BCUT2D eigenvalue weighted by Crippen LogP contribution is 2.19. The second-order valence-electron chi connectivity index (χ2n) is 4.52. The summed E-state index contributed by atoms with van der Waals surface area (Å²) in [6.45, 7) is 5.46. The Kier molecular flexibility index (Phi) is 3.64. The third-order valence-electron chi connectivity index (χ3n) is 3.05. The van der Waals surface area contributed by atoms with Crippen LogP contribution in [0, 0.1) is 6.92 Å². The molecule has 1 aromatic rings. The molecule has 0 atom stereocenters. The number of nitrogens with zero attached hydrogens (tertiary/aromatic N) is 2. The summed E-state index contributed by atoms with van der Waals surface area (Å²) in [7, 11) is 0. The molecule has 0 radical (unpaired) electrons. The number of piperazine rings is 1. The minimum absolute atomic E-state index is 0.115. The van der Waals surface area contributed by atoms with E-state index in [1.807, 2.05) is 31.2 Å². The highest BCUT2D eigenvalue weighted by Gasteiger charge is 2.29. The van der Waals surface area contributed by atoms with Crippen LogP contribution in [0.1, 0.15) is 5.56 Å². The molecule has 1 aliphatic heterocycles. The normalized spacial score (nSPS) is 15.6. The largest absolute Gasteiger partial charge is 0.326 e. The van der Waals surface area contributed by atoms with Crippen molar-refractivity contribution in [3.05, 3.63) is 42.2 Å². The van der Waals surface area contributed by atoms with Crippen LogP contribution in [0.5, 0.6) is 0 Å². The van der Waals surface area contributed by atoms with Gasteiger partial charge in [-0.3, -0.25) is 9.59 Å². The molecule has 4 nitrogen and oxygen atoms in total. The Bertz CT molecular complexity index is 542. The first-order valence-corrected chi connectivity index (χ1v) is 6.00. The van der Waals surface area contributed by atoms with Crippen molar-refractivity contribution >= 4 is 17.5 Å². The maximum Gasteiger partial charge on any atom is 0.282 e. The molecule has 100 valence electrons. The zero-order valence-electron chi connectivity index (χ0n) is 10.7. The van der Waals surface area contributed by atoms with Crippen LogP contribution in [0.4, 0.5) is 10.1 Å². The highest BCUT2D eigenvalue weighted by atomic mass is 19.1. The molecule has 0 N–H and O–H groups in total. The summed E-state index contributed by atoms with van der Waals surface area (Å²) in [4.78, 5) is 26.2. The number of carbonyl (C=O) groups excluding carboxylic acids is 2. The monoisotopic (exact) mass is 262 g/mol. The number of benzene rings is 1. The van der Waals surface area contributed by atoms with Crippen LogP contribution in [-0.2, 0) is 9.59 Å². The highest BCUT2D eigenvalue weighted by molar-refractivity contribution is 6.00. The van der Waals surface area contributed by atoms with Gasteiger partial charge >= 0.3 is 0 Å². The maximum absolute atomic E-state index is 12.8. The van der Waals surface area contributed by atoms with Crippen molar-refractivity contribution in [2.24, 2.45) is 0 Å². The molecule has 1 saturated heterocycles. The standard InChI is InChI=1S/C14H15FN2O2/c1-10-4-3-5-12(8-10)17-7-6-16(9-13(17)18)14(19)11(2)15/h3-5,8H,2,6-7,9H2,1H3. The first kappa shape index (κ1) is 13.3. The van der Waals surface area contributed by atoms with E-state index < -0.39 is 11.7 Å².